The van der Waals surface area contributed by atoms with Gasteiger partial charge >= 0.3 is 0 Å². The van der Waals surface area contributed by atoms with Gasteiger partial charge in [-0.25, -0.2) is 9.37 Å². The van der Waals surface area contributed by atoms with Gasteiger partial charge in [-0.05, 0) is 36.8 Å². The Morgan fingerprint density at radius 2 is 2.00 bits per heavy atom. The molecule has 0 bridgehead atoms. The lowest BCUT2D eigenvalue weighted by atomic mass is 10.0. The zero-order chi connectivity index (χ0) is 23.8. The second kappa shape index (κ2) is 11.1. The van der Waals surface area contributed by atoms with Crippen LogP contribution in [0.15, 0.2) is 71.0 Å². The van der Waals surface area contributed by atoms with E-state index in [1.807, 2.05) is 38.1 Å². The Balaban J connectivity index is 1.74. The molecule has 0 aliphatic carbocycles. The molecule has 1 aromatic heterocycles. The van der Waals surface area contributed by atoms with Gasteiger partial charge in [-0.2, -0.15) is 4.99 Å². The van der Waals surface area contributed by atoms with Crippen molar-refractivity contribution in [3.8, 4) is 0 Å². The zero-order valence-electron chi connectivity index (χ0n) is 18.8. The summed E-state index contributed by atoms with van der Waals surface area (Å²) in [6.45, 7) is 3.64. The van der Waals surface area contributed by atoms with Gasteiger partial charge in [0.15, 0.2) is 0 Å². The summed E-state index contributed by atoms with van der Waals surface area (Å²) in [5, 5.41) is 15.6. The molecule has 9 heteroatoms. The van der Waals surface area contributed by atoms with Gasteiger partial charge in [0.25, 0.3) is 5.91 Å². The summed E-state index contributed by atoms with van der Waals surface area (Å²) in [4.78, 5) is 25.6. The molecule has 0 aliphatic rings. The standard InChI is InChI=1S/C24H27FN6O2/c1-4-22(30-24(26-3)28-19-10-8-18(25)9-11-19)31-13-20(27-15-31)23(33)29-21(14-32)17-7-5-6-16(2)12-17/h5-13,15,21,32H,4,14H2,1-3H3,(H,26,28)(H,29,33)/b30-22+. The molecule has 1 unspecified atom stereocenters. The number of hydrogen-bond acceptors (Lipinski definition) is 4. The number of amides is 1. The van der Waals surface area contributed by atoms with E-state index in [0.29, 0.717) is 23.9 Å². The van der Waals surface area contributed by atoms with Crippen LogP contribution >= 0.6 is 0 Å². The first-order valence-corrected chi connectivity index (χ1v) is 10.5. The fraction of sp³-hybridized carbons (Fsp3) is 0.250. The highest BCUT2D eigenvalue weighted by molar-refractivity contribution is 6.03. The number of anilines is 1. The van der Waals surface area contributed by atoms with E-state index >= 15 is 0 Å². The maximum atomic E-state index is 13.1. The molecular formula is C24H27FN6O2. The Hall–Kier alpha value is -3.85. The number of aliphatic imine (C=N–C) groups is 2. The van der Waals surface area contributed by atoms with Crippen LogP contribution < -0.4 is 10.6 Å². The predicted octanol–water partition coefficient (Wildman–Crippen LogP) is 3.55. The van der Waals surface area contributed by atoms with Crippen LogP contribution in [0.1, 0.15) is 41.0 Å². The molecule has 0 spiro atoms. The zero-order valence-corrected chi connectivity index (χ0v) is 18.8. The molecule has 1 atom stereocenters. The average molecular weight is 451 g/mol. The van der Waals surface area contributed by atoms with Gasteiger partial charge in [0.1, 0.15) is 23.7 Å². The van der Waals surface area contributed by atoms with Gasteiger partial charge in [0.2, 0.25) is 5.96 Å². The molecule has 3 rings (SSSR count). The minimum Gasteiger partial charge on any atom is -0.394 e. The van der Waals surface area contributed by atoms with Crippen molar-refractivity contribution in [1.82, 2.24) is 14.9 Å². The lowest BCUT2D eigenvalue weighted by Crippen LogP contribution is -2.31. The first-order valence-electron chi connectivity index (χ1n) is 10.5. The van der Waals surface area contributed by atoms with Crippen LogP contribution in [0.5, 0.6) is 0 Å². The van der Waals surface area contributed by atoms with Crippen LogP contribution in [-0.4, -0.2) is 46.0 Å². The van der Waals surface area contributed by atoms with Crippen LogP contribution in [0.2, 0.25) is 0 Å². The normalized spacial score (nSPS) is 13.0. The Kier molecular flexibility index (Phi) is 8.04. The van der Waals surface area contributed by atoms with Crippen LogP contribution in [0, 0.1) is 12.7 Å². The fourth-order valence-electron chi connectivity index (χ4n) is 3.17. The summed E-state index contributed by atoms with van der Waals surface area (Å²) in [5.74, 6) is 0.203. The van der Waals surface area contributed by atoms with E-state index in [4.69, 9.17) is 0 Å². The lowest BCUT2D eigenvalue weighted by Gasteiger charge is -2.16. The summed E-state index contributed by atoms with van der Waals surface area (Å²) in [6, 6.07) is 12.9. The van der Waals surface area contributed by atoms with Gasteiger partial charge in [-0.1, -0.05) is 36.8 Å². The number of carbonyl (C=O) groups excluding carboxylic acids is 1. The molecule has 1 heterocycles. The summed E-state index contributed by atoms with van der Waals surface area (Å²) in [5.41, 5.74) is 2.70. The molecule has 8 nitrogen and oxygen atoms in total. The van der Waals surface area contributed by atoms with E-state index in [9.17, 15) is 14.3 Å². The molecule has 0 aliphatic heterocycles. The molecule has 3 N–H and O–H groups in total. The molecule has 33 heavy (non-hydrogen) atoms. The third kappa shape index (κ3) is 6.33. The molecule has 1 amide bonds. The number of benzene rings is 2. The van der Waals surface area contributed by atoms with Crippen molar-refractivity contribution in [2.24, 2.45) is 9.98 Å². The maximum absolute atomic E-state index is 13.1. The van der Waals surface area contributed by atoms with Crippen molar-refractivity contribution < 1.29 is 14.3 Å². The van der Waals surface area contributed by atoms with Crippen LogP contribution in [0.25, 0.3) is 0 Å². The third-order valence-corrected chi connectivity index (χ3v) is 4.91. The lowest BCUT2D eigenvalue weighted by molar-refractivity contribution is 0.0911. The summed E-state index contributed by atoms with van der Waals surface area (Å²) in [6.07, 6.45) is 3.63. The van der Waals surface area contributed by atoms with Crippen molar-refractivity contribution in [1.29, 1.82) is 0 Å². The highest BCUT2D eigenvalue weighted by atomic mass is 19.1. The number of carbonyl (C=O) groups is 1. The molecule has 3 aromatic rings. The Bertz CT molecular complexity index is 1150. The minimum absolute atomic E-state index is 0.198. The number of hydrogen-bond donors (Lipinski definition) is 3. The van der Waals surface area contributed by atoms with E-state index < -0.39 is 11.9 Å². The maximum Gasteiger partial charge on any atom is 0.272 e. The molecule has 0 fully saturated rings. The van der Waals surface area contributed by atoms with E-state index in [2.05, 4.69) is 25.6 Å². The van der Waals surface area contributed by atoms with E-state index in [1.54, 1.807) is 29.9 Å². The van der Waals surface area contributed by atoms with E-state index in [1.165, 1.54) is 18.5 Å². The van der Waals surface area contributed by atoms with Crippen molar-refractivity contribution in [3.63, 3.8) is 0 Å². The number of rotatable bonds is 6. The highest BCUT2D eigenvalue weighted by Crippen LogP contribution is 2.15. The van der Waals surface area contributed by atoms with Gasteiger partial charge in [0.05, 0.1) is 12.6 Å². The quantitative estimate of drug-likeness (QED) is 0.395. The second-order valence-corrected chi connectivity index (χ2v) is 7.35. The van der Waals surface area contributed by atoms with Crippen molar-refractivity contribution in [3.05, 3.63) is 83.7 Å². The Labute approximate surface area is 191 Å². The molecule has 0 radical (unpaired) electrons. The number of imidazole rings is 1. The summed E-state index contributed by atoms with van der Waals surface area (Å²) < 4.78 is 14.8. The number of aliphatic hydroxyl groups excluding tert-OH is 1. The predicted molar refractivity (Wildman–Crippen MR) is 127 cm³/mol. The Morgan fingerprint density at radius 3 is 2.64 bits per heavy atom. The number of aryl methyl sites for hydroxylation is 1. The number of aromatic nitrogens is 2. The first kappa shape index (κ1) is 23.8. The SMILES string of the molecule is CC/C(=N\C(=NC)Nc1ccc(F)cc1)n1cnc(C(=O)NC(CO)c2cccc(C)c2)c1. The van der Waals surface area contributed by atoms with Gasteiger partial charge < -0.3 is 15.7 Å². The van der Waals surface area contributed by atoms with Gasteiger partial charge in [0, 0.05) is 25.4 Å². The number of guanidine groups is 1. The first-order chi connectivity index (χ1) is 15.9. The molecular weight excluding hydrogens is 423 g/mol. The third-order valence-electron chi connectivity index (χ3n) is 4.91. The average Bonchev–Trinajstić information content (AvgIpc) is 3.31. The highest BCUT2D eigenvalue weighted by Gasteiger charge is 2.18. The van der Waals surface area contributed by atoms with Crippen molar-refractivity contribution >= 4 is 23.4 Å². The molecule has 2 aromatic carbocycles. The van der Waals surface area contributed by atoms with Crippen LogP contribution in [-0.2, 0) is 0 Å². The summed E-state index contributed by atoms with van der Waals surface area (Å²) in [7, 11) is 1.59. The Morgan fingerprint density at radius 1 is 1.24 bits per heavy atom. The minimum atomic E-state index is -0.541. The number of nitrogens with zero attached hydrogens (tertiary/aromatic N) is 4. The topological polar surface area (TPSA) is 104 Å². The van der Waals surface area contributed by atoms with E-state index in [0.717, 1.165) is 11.1 Å². The van der Waals surface area contributed by atoms with Crippen LogP contribution in [0.4, 0.5) is 10.1 Å². The summed E-state index contributed by atoms with van der Waals surface area (Å²) >= 11 is 0. The second-order valence-electron chi connectivity index (χ2n) is 7.35. The molecule has 0 saturated heterocycles. The number of nitrogens with one attached hydrogen (secondary N) is 2. The largest absolute Gasteiger partial charge is 0.394 e. The van der Waals surface area contributed by atoms with Crippen molar-refractivity contribution in [2.45, 2.75) is 26.3 Å². The van der Waals surface area contributed by atoms with Gasteiger partial charge in [-0.15, -0.1) is 0 Å². The van der Waals surface area contributed by atoms with Crippen LogP contribution in [0.3, 0.4) is 0 Å². The van der Waals surface area contributed by atoms with E-state index in [-0.39, 0.29) is 18.1 Å². The number of aliphatic hydroxyl groups is 1. The van der Waals surface area contributed by atoms with Crippen molar-refractivity contribution in [2.75, 3.05) is 19.0 Å². The smallest absolute Gasteiger partial charge is 0.272 e. The molecule has 172 valence electrons. The number of halogens is 1. The monoisotopic (exact) mass is 450 g/mol. The van der Waals surface area contributed by atoms with Gasteiger partial charge in [-0.3, -0.25) is 14.4 Å². The fourth-order valence-corrected chi connectivity index (χ4v) is 3.17. The molecule has 0 saturated carbocycles.